The standard InChI is InChI=1S/C12H13F3N2O/c1-17(7-12(13,14)15)9-3-4-10-8(6-9)2-5-11(18)16-10/h3-4,6H,2,5,7H2,1H3,(H,16,18). The lowest BCUT2D eigenvalue weighted by atomic mass is 10.0. The molecule has 0 saturated heterocycles. The fourth-order valence-electron chi connectivity index (χ4n) is 1.97. The van der Waals surface area contributed by atoms with Crippen LogP contribution in [0, 0.1) is 0 Å². The van der Waals surface area contributed by atoms with E-state index >= 15 is 0 Å². The zero-order valence-corrected chi connectivity index (χ0v) is 9.84. The molecule has 0 spiro atoms. The van der Waals surface area contributed by atoms with Gasteiger partial charge in [-0.3, -0.25) is 4.79 Å². The fraction of sp³-hybridized carbons (Fsp3) is 0.417. The summed E-state index contributed by atoms with van der Waals surface area (Å²) in [5.74, 6) is -0.0566. The smallest absolute Gasteiger partial charge is 0.366 e. The van der Waals surface area contributed by atoms with Gasteiger partial charge < -0.3 is 10.2 Å². The summed E-state index contributed by atoms with van der Waals surface area (Å²) < 4.78 is 36.9. The normalized spacial score (nSPS) is 15.0. The zero-order chi connectivity index (χ0) is 13.3. The number of carbonyl (C=O) groups is 1. The number of rotatable bonds is 2. The second kappa shape index (κ2) is 4.51. The van der Waals surface area contributed by atoms with Crippen molar-refractivity contribution in [2.75, 3.05) is 23.8 Å². The first-order chi connectivity index (χ1) is 8.35. The molecule has 2 rings (SSSR count). The van der Waals surface area contributed by atoms with Crippen LogP contribution in [0.4, 0.5) is 24.5 Å². The second-order valence-electron chi connectivity index (χ2n) is 4.36. The van der Waals surface area contributed by atoms with Crippen LogP contribution >= 0.6 is 0 Å². The van der Waals surface area contributed by atoms with Crippen molar-refractivity contribution in [3.05, 3.63) is 23.8 Å². The van der Waals surface area contributed by atoms with Gasteiger partial charge in [-0.05, 0) is 30.2 Å². The molecule has 1 aromatic rings. The van der Waals surface area contributed by atoms with Gasteiger partial charge >= 0.3 is 6.18 Å². The Hall–Kier alpha value is -1.72. The van der Waals surface area contributed by atoms with Gasteiger partial charge in [0, 0.05) is 24.8 Å². The molecular formula is C12H13F3N2O. The molecule has 0 aliphatic carbocycles. The van der Waals surface area contributed by atoms with Crippen LogP contribution in [0.1, 0.15) is 12.0 Å². The van der Waals surface area contributed by atoms with E-state index in [4.69, 9.17) is 0 Å². The van der Waals surface area contributed by atoms with Crippen LogP contribution in [-0.2, 0) is 11.2 Å². The Bertz CT molecular complexity index is 471. The third-order valence-corrected chi connectivity index (χ3v) is 2.84. The molecule has 0 radical (unpaired) electrons. The van der Waals surface area contributed by atoms with E-state index in [1.54, 1.807) is 18.2 Å². The minimum Gasteiger partial charge on any atom is -0.366 e. The van der Waals surface area contributed by atoms with E-state index in [0.717, 1.165) is 10.5 Å². The Kier molecular flexibility index (Phi) is 3.19. The molecule has 1 heterocycles. The Balaban J connectivity index is 2.18. The SMILES string of the molecule is CN(CC(F)(F)F)c1ccc2c(c1)CCC(=O)N2. The predicted molar refractivity (Wildman–Crippen MR) is 62.7 cm³/mol. The van der Waals surface area contributed by atoms with Crippen LogP contribution in [0.3, 0.4) is 0 Å². The highest BCUT2D eigenvalue weighted by Gasteiger charge is 2.29. The van der Waals surface area contributed by atoms with Gasteiger partial charge in [-0.1, -0.05) is 0 Å². The van der Waals surface area contributed by atoms with Crippen molar-refractivity contribution in [1.29, 1.82) is 0 Å². The number of nitrogens with one attached hydrogen (secondary N) is 1. The van der Waals surface area contributed by atoms with E-state index < -0.39 is 12.7 Å². The van der Waals surface area contributed by atoms with Crippen LogP contribution in [-0.4, -0.2) is 25.7 Å². The summed E-state index contributed by atoms with van der Waals surface area (Å²) in [5.41, 5.74) is 2.07. The number of carbonyl (C=O) groups excluding carboxylic acids is 1. The van der Waals surface area contributed by atoms with Gasteiger partial charge in [0.15, 0.2) is 0 Å². The van der Waals surface area contributed by atoms with E-state index in [1.165, 1.54) is 7.05 Å². The van der Waals surface area contributed by atoms with Crippen molar-refractivity contribution >= 4 is 17.3 Å². The molecule has 0 fully saturated rings. The van der Waals surface area contributed by atoms with Gasteiger partial charge in [-0.25, -0.2) is 0 Å². The fourth-order valence-corrected chi connectivity index (χ4v) is 1.97. The number of anilines is 2. The van der Waals surface area contributed by atoms with Gasteiger partial charge in [0.25, 0.3) is 0 Å². The third-order valence-electron chi connectivity index (χ3n) is 2.84. The highest BCUT2D eigenvalue weighted by atomic mass is 19.4. The quantitative estimate of drug-likeness (QED) is 0.884. The molecule has 6 heteroatoms. The topological polar surface area (TPSA) is 32.3 Å². The summed E-state index contributed by atoms with van der Waals surface area (Å²) in [6, 6.07) is 4.92. The van der Waals surface area contributed by atoms with Crippen LogP contribution in [0.25, 0.3) is 0 Å². The number of benzene rings is 1. The first-order valence-corrected chi connectivity index (χ1v) is 5.56. The molecule has 1 amide bonds. The Morgan fingerprint density at radius 2 is 2.06 bits per heavy atom. The average molecular weight is 258 g/mol. The average Bonchev–Trinajstić information content (AvgIpc) is 2.26. The molecule has 1 N–H and O–H groups in total. The summed E-state index contributed by atoms with van der Waals surface area (Å²) in [6.07, 6.45) is -3.28. The highest BCUT2D eigenvalue weighted by Crippen LogP contribution is 2.28. The van der Waals surface area contributed by atoms with Crippen molar-refractivity contribution in [2.45, 2.75) is 19.0 Å². The van der Waals surface area contributed by atoms with E-state index in [-0.39, 0.29) is 5.91 Å². The first-order valence-electron chi connectivity index (χ1n) is 5.56. The van der Waals surface area contributed by atoms with E-state index in [1.807, 2.05) is 0 Å². The molecule has 0 saturated carbocycles. The Morgan fingerprint density at radius 1 is 1.33 bits per heavy atom. The monoisotopic (exact) mass is 258 g/mol. The number of fused-ring (bicyclic) bond motifs is 1. The minimum absolute atomic E-state index is 0.0566. The molecule has 0 aromatic heterocycles. The molecule has 1 aliphatic rings. The number of hydrogen-bond acceptors (Lipinski definition) is 2. The lowest BCUT2D eigenvalue weighted by molar-refractivity contribution is -0.119. The van der Waals surface area contributed by atoms with Crippen molar-refractivity contribution in [2.24, 2.45) is 0 Å². The molecular weight excluding hydrogens is 245 g/mol. The molecule has 3 nitrogen and oxygen atoms in total. The molecule has 18 heavy (non-hydrogen) atoms. The molecule has 1 aromatic carbocycles. The maximum Gasteiger partial charge on any atom is 0.405 e. The van der Waals surface area contributed by atoms with Crippen LogP contribution < -0.4 is 10.2 Å². The van der Waals surface area contributed by atoms with E-state index in [9.17, 15) is 18.0 Å². The summed E-state index contributed by atoms with van der Waals surface area (Å²) in [7, 11) is 1.40. The van der Waals surface area contributed by atoms with Gasteiger partial charge in [-0.15, -0.1) is 0 Å². The van der Waals surface area contributed by atoms with Crippen molar-refractivity contribution < 1.29 is 18.0 Å². The van der Waals surface area contributed by atoms with Crippen LogP contribution in [0.5, 0.6) is 0 Å². The molecule has 98 valence electrons. The summed E-state index contributed by atoms with van der Waals surface area (Å²) in [6.45, 7) is -0.988. The molecule has 0 bridgehead atoms. The van der Waals surface area contributed by atoms with Crippen molar-refractivity contribution in [1.82, 2.24) is 0 Å². The number of alkyl halides is 3. The number of amides is 1. The van der Waals surface area contributed by atoms with E-state index in [0.29, 0.717) is 24.2 Å². The minimum atomic E-state index is -4.22. The number of halogens is 3. The Morgan fingerprint density at radius 3 is 2.72 bits per heavy atom. The Labute approximate surface area is 103 Å². The maximum absolute atomic E-state index is 12.3. The van der Waals surface area contributed by atoms with Crippen LogP contribution in [0.2, 0.25) is 0 Å². The lowest BCUT2D eigenvalue weighted by Gasteiger charge is -2.24. The first kappa shape index (κ1) is 12.7. The highest BCUT2D eigenvalue weighted by molar-refractivity contribution is 5.94. The maximum atomic E-state index is 12.3. The number of hydrogen-bond donors (Lipinski definition) is 1. The third kappa shape index (κ3) is 2.94. The largest absolute Gasteiger partial charge is 0.405 e. The number of nitrogens with zero attached hydrogens (tertiary/aromatic N) is 1. The summed E-state index contributed by atoms with van der Waals surface area (Å²) >= 11 is 0. The van der Waals surface area contributed by atoms with E-state index in [2.05, 4.69) is 5.32 Å². The summed E-state index contributed by atoms with van der Waals surface area (Å²) in [4.78, 5) is 12.3. The molecule has 0 atom stereocenters. The van der Waals surface area contributed by atoms with Crippen molar-refractivity contribution in [3.8, 4) is 0 Å². The number of aryl methyl sites for hydroxylation is 1. The lowest BCUT2D eigenvalue weighted by Crippen LogP contribution is -2.31. The summed E-state index contributed by atoms with van der Waals surface area (Å²) in [5, 5.41) is 2.69. The van der Waals surface area contributed by atoms with Gasteiger partial charge in [-0.2, -0.15) is 13.2 Å². The zero-order valence-electron chi connectivity index (χ0n) is 9.84. The second-order valence-corrected chi connectivity index (χ2v) is 4.36. The van der Waals surface area contributed by atoms with Crippen molar-refractivity contribution in [3.63, 3.8) is 0 Å². The van der Waals surface area contributed by atoms with Crippen LogP contribution in [0.15, 0.2) is 18.2 Å². The molecule has 1 aliphatic heterocycles. The molecule has 0 unspecified atom stereocenters. The van der Waals surface area contributed by atoms with Gasteiger partial charge in [0.1, 0.15) is 6.54 Å². The predicted octanol–water partition coefficient (Wildman–Crippen LogP) is 2.57. The van der Waals surface area contributed by atoms with Gasteiger partial charge in [0.2, 0.25) is 5.91 Å². The van der Waals surface area contributed by atoms with Gasteiger partial charge in [0.05, 0.1) is 0 Å².